The van der Waals surface area contributed by atoms with Crippen LogP contribution in [0.5, 0.6) is 0 Å². The van der Waals surface area contributed by atoms with Crippen molar-refractivity contribution in [2.24, 2.45) is 11.8 Å². The van der Waals surface area contributed by atoms with Crippen molar-refractivity contribution in [3.8, 4) is 0 Å². The summed E-state index contributed by atoms with van der Waals surface area (Å²) in [6.07, 6.45) is 3.52. The second kappa shape index (κ2) is 3.79. The molecule has 0 aromatic rings. The number of carbonyl (C=O) groups is 1. The van der Waals surface area contributed by atoms with Crippen molar-refractivity contribution in [3.63, 3.8) is 0 Å². The van der Waals surface area contributed by atoms with Crippen molar-refractivity contribution in [2.45, 2.75) is 39.2 Å². The highest BCUT2D eigenvalue weighted by atomic mass is 16.2. The third-order valence-electron chi connectivity index (χ3n) is 3.36. The molecule has 1 aliphatic heterocycles. The summed E-state index contributed by atoms with van der Waals surface area (Å²) in [5.74, 6) is 1.41. The standard InChI is InChI=1S/C11H20N2O/c1-8(2)9-5-6-13(7-9)11(14)12-10-3-4-10/h8-10H,3-7H2,1-2H3,(H,12,14). The minimum Gasteiger partial charge on any atom is -0.335 e. The maximum atomic E-state index is 11.7. The van der Waals surface area contributed by atoms with Crippen molar-refractivity contribution >= 4 is 6.03 Å². The first-order chi connectivity index (χ1) is 6.66. The second-order valence-electron chi connectivity index (χ2n) is 4.96. The predicted molar refractivity (Wildman–Crippen MR) is 56.1 cm³/mol. The molecule has 80 valence electrons. The van der Waals surface area contributed by atoms with Gasteiger partial charge in [-0.05, 0) is 31.1 Å². The van der Waals surface area contributed by atoms with Gasteiger partial charge in [-0.2, -0.15) is 0 Å². The van der Waals surface area contributed by atoms with E-state index in [-0.39, 0.29) is 6.03 Å². The Morgan fingerprint density at radius 2 is 2.07 bits per heavy atom. The molecule has 3 heteroatoms. The Labute approximate surface area is 85.8 Å². The molecule has 2 aliphatic rings. The fraction of sp³-hybridized carbons (Fsp3) is 0.909. The van der Waals surface area contributed by atoms with Crippen LogP contribution in [-0.4, -0.2) is 30.1 Å². The molecule has 1 heterocycles. The van der Waals surface area contributed by atoms with Gasteiger partial charge in [0.2, 0.25) is 0 Å². The van der Waals surface area contributed by atoms with Crippen molar-refractivity contribution < 1.29 is 4.79 Å². The number of nitrogens with one attached hydrogen (secondary N) is 1. The molecule has 0 spiro atoms. The van der Waals surface area contributed by atoms with Gasteiger partial charge in [0.25, 0.3) is 0 Å². The van der Waals surface area contributed by atoms with Gasteiger partial charge < -0.3 is 10.2 Å². The van der Waals surface area contributed by atoms with Crippen LogP contribution in [0.1, 0.15) is 33.1 Å². The van der Waals surface area contributed by atoms with Gasteiger partial charge in [0.15, 0.2) is 0 Å². The van der Waals surface area contributed by atoms with Gasteiger partial charge in [0.05, 0.1) is 0 Å². The zero-order chi connectivity index (χ0) is 10.1. The van der Waals surface area contributed by atoms with Crippen LogP contribution in [0.15, 0.2) is 0 Å². The lowest BCUT2D eigenvalue weighted by Crippen LogP contribution is -2.39. The lowest BCUT2D eigenvalue weighted by Gasteiger charge is -2.18. The minimum absolute atomic E-state index is 0.163. The molecule has 2 rings (SSSR count). The fourth-order valence-corrected chi connectivity index (χ4v) is 2.01. The number of hydrogen-bond donors (Lipinski definition) is 1. The summed E-state index contributed by atoms with van der Waals surface area (Å²) < 4.78 is 0. The highest BCUT2D eigenvalue weighted by molar-refractivity contribution is 5.75. The van der Waals surface area contributed by atoms with Crippen molar-refractivity contribution in [1.82, 2.24) is 10.2 Å². The molecule has 1 saturated heterocycles. The SMILES string of the molecule is CC(C)C1CCN(C(=O)NC2CC2)C1. The molecule has 2 amide bonds. The van der Waals surface area contributed by atoms with Gasteiger partial charge in [-0.15, -0.1) is 0 Å². The Kier molecular flexibility index (Phi) is 2.66. The Balaban J connectivity index is 1.78. The lowest BCUT2D eigenvalue weighted by atomic mass is 9.95. The zero-order valence-electron chi connectivity index (χ0n) is 9.12. The van der Waals surface area contributed by atoms with E-state index in [0.29, 0.717) is 17.9 Å². The number of hydrogen-bond acceptors (Lipinski definition) is 1. The Morgan fingerprint density at radius 1 is 1.36 bits per heavy atom. The Morgan fingerprint density at radius 3 is 2.57 bits per heavy atom. The zero-order valence-corrected chi connectivity index (χ0v) is 9.12. The lowest BCUT2D eigenvalue weighted by molar-refractivity contribution is 0.205. The molecule has 0 radical (unpaired) electrons. The maximum Gasteiger partial charge on any atom is 0.317 e. The molecule has 2 fully saturated rings. The Hall–Kier alpha value is -0.730. The largest absolute Gasteiger partial charge is 0.335 e. The summed E-state index contributed by atoms with van der Waals surface area (Å²) >= 11 is 0. The van der Waals surface area contributed by atoms with Gasteiger partial charge in [-0.1, -0.05) is 13.8 Å². The summed E-state index contributed by atoms with van der Waals surface area (Å²) in [5, 5.41) is 3.04. The highest BCUT2D eigenvalue weighted by Gasteiger charge is 2.31. The third-order valence-corrected chi connectivity index (χ3v) is 3.36. The van der Waals surface area contributed by atoms with Crippen molar-refractivity contribution in [1.29, 1.82) is 0 Å². The first-order valence-corrected chi connectivity index (χ1v) is 5.72. The first-order valence-electron chi connectivity index (χ1n) is 5.72. The smallest absolute Gasteiger partial charge is 0.317 e. The van der Waals surface area contributed by atoms with E-state index >= 15 is 0 Å². The molecular formula is C11H20N2O. The van der Waals surface area contributed by atoms with E-state index in [2.05, 4.69) is 19.2 Å². The summed E-state index contributed by atoms with van der Waals surface area (Å²) in [7, 11) is 0. The average molecular weight is 196 g/mol. The molecule has 1 atom stereocenters. The van der Waals surface area contributed by atoms with Gasteiger partial charge in [-0.3, -0.25) is 0 Å². The van der Waals surface area contributed by atoms with Gasteiger partial charge in [-0.25, -0.2) is 4.79 Å². The molecule has 14 heavy (non-hydrogen) atoms. The van der Waals surface area contributed by atoms with E-state index in [1.54, 1.807) is 0 Å². The van der Waals surface area contributed by atoms with E-state index in [4.69, 9.17) is 0 Å². The summed E-state index contributed by atoms with van der Waals surface area (Å²) in [5.41, 5.74) is 0. The fourth-order valence-electron chi connectivity index (χ4n) is 2.01. The van der Waals surface area contributed by atoms with Crippen LogP contribution in [0.3, 0.4) is 0 Å². The molecule has 1 unspecified atom stereocenters. The van der Waals surface area contributed by atoms with E-state index in [9.17, 15) is 4.79 Å². The molecule has 0 bridgehead atoms. The van der Waals surface area contributed by atoms with Crippen LogP contribution in [-0.2, 0) is 0 Å². The molecule has 1 N–H and O–H groups in total. The first kappa shape index (κ1) is 9.81. The average Bonchev–Trinajstić information content (AvgIpc) is 2.81. The van der Waals surface area contributed by atoms with E-state index < -0.39 is 0 Å². The summed E-state index contributed by atoms with van der Waals surface area (Å²) in [6, 6.07) is 0.649. The van der Waals surface area contributed by atoms with Gasteiger partial charge in [0, 0.05) is 19.1 Å². The summed E-state index contributed by atoms with van der Waals surface area (Å²) in [6.45, 7) is 6.39. The van der Waals surface area contributed by atoms with Crippen molar-refractivity contribution in [2.75, 3.05) is 13.1 Å². The van der Waals surface area contributed by atoms with Crippen LogP contribution in [0.2, 0.25) is 0 Å². The number of carbonyl (C=O) groups excluding carboxylic acids is 1. The highest BCUT2D eigenvalue weighted by Crippen LogP contribution is 2.24. The van der Waals surface area contributed by atoms with Crippen molar-refractivity contribution in [3.05, 3.63) is 0 Å². The molecule has 3 nitrogen and oxygen atoms in total. The minimum atomic E-state index is 0.163. The third kappa shape index (κ3) is 2.20. The number of rotatable bonds is 2. The van der Waals surface area contributed by atoms with Gasteiger partial charge in [0.1, 0.15) is 0 Å². The Bertz CT molecular complexity index is 223. The normalized spacial score (nSPS) is 27.1. The van der Waals surface area contributed by atoms with Crippen LogP contribution >= 0.6 is 0 Å². The second-order valence-corrected chi connectivity index (χ2v) is 4.96. The van der Waals surface area contributed by atoms with E-state index in [0.717, 1.165) is 13.1 Å². The molecule has 1 aliphatic carbocycles. The number of urea groups is 1. The monoisotopic (exact) mass is 196 g/mol. The van der Waals surface area contributed by atoms with E-state index in [1.165, 1.54) is 19.3 Å². The molecule has 0 aromatic carbocycles. The summed E-state index contributed by atoms with van der Waals surface area (Å²) in [4.78, 5) is 13.7. The quantitative estimate of drug-likeness (QED) is 0.718. The van der Waals surface area contributed by atoms with Crippen LogP contribution in [0.25, 0.3) is 0 Å². The van der Waals surface area contributed by atoms with Gasteiger partial charge >= 0.3 is 6.03 Å². The number of amides is 2. The molecule has 1 saturated carbocycles. The molecular weight excluding hydrogens is 176 g/mol. The van der Waals surface area contributed by atoms with Crippen LogP contribution in [0, 0.1) is 11.8 Å². The maximum absolute atomic E-state index is 11.7. The predicted octanol–water partition coefficient (Wildman–Crippen LogP) is 1.84. The number of likely N-dealkylation sites (tertiary alicyclic amines) is 1. The van der Waals surface area contributed by atoms with Crippen LogP contribution in [0.4, 0.5) is 4.79 Å². The topological polar surface area (TPSA) is 32.3 Å². The van der Waals surface area contributed by atoms with E-state index in [1.807, 2.05) is 4.90 Å². The van der Waals surface area contributed by atoms with Crippen LogP contribution < -0.4 is 5.32 Å². The molecule has 0 aromatic heterocycles. The number of nitrogens with zero attached hydrogens (tertiary/aromatic N) is 1.